The lowest BCUT2D eigenvalue weighted by molar-refractivity contribution is -0.116. The molecule has 0 saturated carbocycles. The Balaban J connectivity index is 2.20. The Morgan fingerprint density at radius 1 is 1.32 bits per heavy atom. The quantitative estimate of drug-likeness (QED) is 0.890. The van der Waals surface area contributed by atoms with E-state index in [1.807, 2.05) is 51.1 Å². The summed E-state index contributed by atoms with van der Waals surface area (Å²) < 4.78 is 5.41. The Labute approximate surface area is 113 Å². The van der Waals surface area contributed by atoms with Crippen LogP contribution in [0.15, 0.2) is 41.0 Å². The molecule has 0 aliphatic heterocycles. The van der Waals surface area contributed by atoms with Crippen LogP contribution in [-0.2, 0) is 4.79 Å². The maximum Gasteiger partial charge on any atom is 0.224 e. The third-order valence-corrected chi connectivity index (χ3v) is 2.90. The first kappa shape index (κ1) is 13.4. The van der Waals surface area contributed by atoms with Gasteiger partial charge < -0.3 is 9.73 Å². The number of rotatable bonds is 4. The molecule has 0 unspecified atom stereocenters. The fourth-order valence-corrected chi connectivity index (χ4v) is 1.98. The van der Waals surface area contributed by atoms with E-state index in [4.69, 9.17) is 4.42 Å². The highest BCUT2D eigenvalue weighted by molar-refractivity contribution is 5.91. The van der Waals surface area contributed by atoms with Crippen LogP contribution in [0.4, 0.5) is 5.69 Å². The van der Waals surface area contributed by atoms with Crippen molar-refractivity contribution >= 4 is 11.6 Å². The third kappa shape index (κ3) is 3.47. The number of benzene rings is 1. The van der Waals surface area contributed by atoms with Crippen LogP contribution in [0.1, 0.15) is 25.8 Å². The fourth-order valence-electron chi connectivity index (χ4n) is 1.98. The first-order valence-electron chi connectivity index (χ1n) is 6.50. The number of hydrogen-bond donors (Lipinski definition) is 1. The SMILES string of the molecule is Cc1ccc(NC(=O)CC(C)C)cc1-c1ccco1. The van der Waals surface area contributed by atoms with Crippen LogP contribution in [-0.4, -0.2) is 5.91 Å². The van der Waals surface area contributed by atoms with Gasteiger partial charge in [-0.25, -0.2) is 0 Å². The molecule has 1 heterocycles. The van der Waals surface area contributed by atoms with E-state index in [0.717, 1.165) is 22.6 Å². The van der Waals surface area contributed by atoms with Gasteiger partial charge >= 0.3 is 0 Å². The van der Waals surface area contributed by atoms with Gasteiger partial charge in [0.05, 0.1) is 6.26 Å². The minimum Gasteiger partial charge on any atom is -0.464 e. The zero-order valence-corrected chi connectivity index (χ0v) is 11.6. The zero-order chi connectivity index (χ0) is 13.8. The van der Waals surface area contributed by atoms with Gasteiger partial charge in [0.1, 0.15) is 5.76 Å². The molecule has 0 radical (unpaired) electrons. The Bertz CT molecular complexity index is 556. The van der Waals surface area contributed by atoms with E-state index >= 15 is 0 Å². The largest absolute Gasteiger partial charge is 0.464 e. The number of furan rings is 1. The van der Waals surface area contributed by atoms with Crippen molar-refractivity contribution in [2.45, 2.75) is 27.2 Å². The summed E-state index contributed by atoms with van der Waals surface area (Å²) in [5.41, 5.74) is 2.94. The average Bonchev–Trinajstić information content (AvgIpc) is 2.84. The lowest BCUT2D eigenvalue weighted by Gasteiger charge is -2.10. The van der Waals surface area contributed by atoms with Crippen LogP contribution in [0, 0.1) is 12.8 Å². The van der Waals surface area contributed by atoms with E-state index in [9.17, 15) is 4.79 Å². The summed E-state index contributed by atoms with van der Waals surface area (Å²) in [6.45, 7) is 6.09. The highest BCUT2D eigenvalue weighted by Crippen LogP contribution is 2.27. The second-order valence-corrected chi connectivity index (χ2v) is 5.15. The monoisotopic (exact) mass is 257 g/mol. The molecule has 1 aromatic carbocycles. The molecule has 1 amide bonds. The normalized spacial score (nSPS) is 10.7. The summed E-state index contributed by atoms with van der Waals surface area (Å²) >= 11 is 0. The van der Waals surface area contributed by atoms with Crippen LogP contribution in [0.25, 0.3) is 11.3 Å². The number of amides is 1. The molecule has 0 fully saturated rings. The van der Waals surface area contributed by atoms with Crippen LogP contribution in [0.2, 0.25) is 0 Å². The molecule has 1 aromatic heterocycles. The number of aryl methyl sites for hydroxylation is 1. The van der Waals surface area contributed by atoms with Gasteiger partial charge in [0.2, 0.25) is 5.91 Å². The highest BCUT2D eigenvalue weighted by Gasteiger charge is 2.09. The topological polar surface area (TPSA) is 42.2 Å². The summed E-state index contributed by atoms with van der Waals surface area (Å²) in [6, 6.07) is 9.63. The van der Waals surface area contributed by atoms with Gasteiger partial charge in [0, 0.05) is 17.7 Å². The van der Waals surface area contributed by atoms with Gasteiger partial charge in [-0.3, -0.25) is 4.79 Å². The summed E-state index contributed by atoms with van der Waals surface area (Å²) in [5, 5.41) is 2.92. The first-order chi connectivity index (χ1) is 9.06. The van der Waals surface area contributed by atoms with Gasteiger partial charge in [-0.15, -0.1) is 0 Å². The summed E-state index contributed by atoms with van der Waals surface area (Å²) in [5.74, 6) is 1.22. The van der Waals surface area contributed by atoms with Crippen molar-refractivity contribution in [1.82, 2.24) is 0 Å². The number of nitrogens with one attached hydrogen (secondary N) is 1. The molecular formula is C16H19NO2. The predicted octanol–water partition coefficient (Wildman–Crippen LogP) is 4.24. The van der Waals surface area contributed by atoms with E-state index in [1.165, 1.54) is 0 Å². The fraction of sp³-hybridized carbons (Fsp3) is 0.312. The average molecular weight is 257 g/mol. The molecule has 0 aliphatic carbocycles. The van der Waals surface area contributed by atoms with Crippen molar-refractivity contribution in [1.29, 1.82) is 0 Å². The molecule has 2 aromatic rings. The van der Waals surface area contributed by atoms with Gasteiger partial charge in [-0.2, -0.15) is 0 Å². The maximum atomic E-state index is 11.8. The maximum absolute atomic E-state index is 11.8. The van der Waals surface area contributed by atoms with Crippen molar-refractivity contribution in [2.24, 2.45) is 5.92 Å². The molecule has 0 saturated heterocycles. The first-order valence-corrected chi connectivity index (χ1v) is 6.50. The molecule has 1 N–H and O–H groups in total. The minimum absolute atomic E-state index is 0.0456. The molecule has 19 heavy (non-hydrogen) atoms. The second kappa shape index (κ2) is 5.74. The van der Waals surface area contributed by atoms with Crippen molar-refractivity contribution < 1.29 is 9.21 Å². The molecule has 3 heteroatoms. The summed E-state index contributed by atoms with van der Waals surface area (Å²) in [7, 11) is 0. The van der Waals surface area contributed by atoms with Crippen molar-refractivity contribution in [2.75, 3.05) is 5.32 Å². The molecule has 0 aliphatic rings. The zero-order valence-electron chi connectivity index (χ0n) is 11.6. The third-order valence-electron chi connectivity index (χ3n) is 2.90. The van der Waals surface area contributed by atoms with E-state index in [0.29, 0.717) is 12.3 Å². The van der Waals surface area contributed by atoms with Crippen LogP contribution in [0.5, 0.6) is 0 Å². The van der Waals surface area contributed by atoms with Crippen LogP contribution >= 0.6 is 0 Å². The molecule has 0 bridgehead atoms. The lowest BCUT2D eigenvalue weighted by Crippen LogP contribution is -2.13. The molecule has 0 atom stereocenters. The van der Waals surface area contributed by atoms with Gasteiger partial charge in [0.25, 0.3) is 0 Å². The van der Waals surface area contributed by atoms with E-state index in [1.54, 1.807) is 6.26 Å². The van der Waals surface area contributed by atoms with Gasteiger partial charge in [-0.1, -0.05) is 19.9 Å². The van der Waals surface area contributed by atoms with Crippen molar-refractivity contribution in [3.63, 3.8) is 0 Å². The summed E-state index contributed by atoms with van der Waals surface area (Å²) in [6.07, 6.45) is 2.18. The Hall–Kier alpha value is -2.03. The number of anilines is 1. The van der Waals surface area contributed by atoms with E-state index in [-0.39, 0.29) is 5.91 Å². The Morgan fingerprint density at radius 2 is 2.11 bits per heavy atom. The molecule has 2 rings (SSSR count). The highest BCUT2D eigenvalue weighted by atomic mass is 16.3. The van der Waals surface area contributed by atoms with Gasteiger partial charge in [0.15, 0.2) is 0 Å². The number of hydrogen-bond acceptors (Lipinski definition) is 2. The molecule has 3 nitrogen and oxygen atoms in total. The van der Waals surface area contributed by atoms with Crippen LogP contribution in [0.3, 0.4) is 0 Å². The number of carbonyl (C=O) groups excluding carboxylic acids is 1. The molecule has 0 spiro atoms. The molecular weight excluding hydrogens is 238 g/mol. The van der Waals surface area contributed by atoms with Crippen molar-refractivity contribution in [3.05, 3.63) is 42.2 Å². The standard InChI is InChI=1S/C16H19NO2/c1-11(2)9-16(18)17-13-7-6-12(3)14(10-13)15-5-4-8-19-15/h4-8,10-11H,9H2,1-3H3,(H,17,18). The molecule has 100 valence electrons. The van der Waals surface area contributed by atoms with Crippen molar-refractivity contribution in [3.8, 4) is 11.3 Å². The smallest absolute Gasteiger partial charge is 0.224 e. The van der Waals surface area contributed by atoms with Gasteiger partial charge in [-0.05, 0) is 42.7 Å². The Morgan fingerprint density at radius 3 is 2.74 bits per heavy atom. The van der Waals surface area contributed by atoms with Crippen LogP contribution < -0.4 is 5.32 Å². The van der Waals surface area contributed by atoms with E-state index < -0.39 is 0 Å². The second-order valence-electron chi connectivity index (χ2n) is 5.15. The number of carbonyl (C=O) groups is 1. The van der Waals surface area contributed by atoms with E-state index in [2.05, 4.69) is 5.32 Å². The summed E-state index contributed by atoms with van der Waals surface area (Å²) in [4.78, 5) is 11.8. The minimum atomic E-state index is 0.0456. The predicted molar refractivity (Wildman–Crippen MR) is 77.0 cm³/mol. The lowest BCUT2D eigenvalue weighted by atomic mass is 10.1. The Kier molecular flexibility index (Phi) is 4.05.